The Bertz CT molecular complexity index is 560. The first-order valence-electron chi connectivity index (χ1n) is 10.9. The predicted octanol–water partition coefficient (Wildman–Crippen LogP) is 4.04. The normalized spacial score (nSPS) is 18.6. The third-order valence-corrected chi connectivity index (χ3v) is 5.40. The summed E-state index contributed by atoms with van der Waals surface area (Å²) in [6.07, 6.45) is 12.1. The highest BCUT2D eigenvalue weighted by molar-refractivity contribution is 5.78. The Hall–Kier alpha value is -1.59. The van der Waals surface area contributed by atoms with Crippen molar-refractivity contribution in [2.75, 3.05) is 19.8 Å². The molecule has 0 bridgehead atoms. The molecule has 28 heavy (non-hydrogen) atoms. The van der Waals surface area contributed by atoms with Gasteiger partial charge in [0.15, 0.2) is 0 Å². The van der Waals surface area contributed by atoms with Gasteiger partial charge < -0.3 is 19.7 Å². The van der Waals surface area contributed by atoms with Gasteiger partial charge in [-0.2, -0.15) is 0 Å². The molecule has 0 saturated carbocycles. The maximum Gasteiger partial charge on any atom is 0.315 e. The van der Waals surface area contributed by atoms with Gasteiger partial charge in [-0.05, 0) is 43.4 Å². The number of carbonyl (C=O) groups excluding carboxylic acids is 1. The van der Waals surface area contributed by atoms with E-state index in [4.69, 9.17) is 14.6 Å². The molecule has 0 unspecified atom stereocenters. The number of aryl methyl sites for hydroxylation is 1. The Kier molecular flexibility index (Phi) is 11.0. The number of hydrogen-bond acceptors (Lipinski definition) is 5. The van der Waals surface area contributed by atoms with Crippen molar-refractivity contribution in [2.24, 2.45) is 5.92 Å². The molecule has 2 atom stereocenters. The number of aliphatic hydroxyl groups excluding tert-OH is 2. The molecule has 1 heterocycles. The number of carbonyl (C=O) groups is 1. The van der Waals surface area contributed by atoms with Crippen LogP contribution in [0.3, 0.4) is 0 Å². The van der Waals surface area contributed by atoms with Gasteiger partial charge in [-0.15, -0.1) is 0 Å². The molecule has 158 valence electrons. The van der Waals surface area contributed by atoms with Gasteiger partial charge in [-0.3, -0.25) is 4.79 Å². The van der Waals surface area contributed by atoms with Crippen molar-refractivity contribution in [3.63, 3.8) is 0 Å². The third-order valence-electron chi connectivity index (χ3n) is 5.40. The van der Waals surface area contributed by atoms with Crippen LogP contribution in [0.4, 0.5) is 0 Å². The molecule has 5 nitrogen and oxygen atoms in total. The summed E-state index contributed by atoms with van der Waals surface area (Å²) in [5.41, 5.74) is 1.17. The molecule has 1 saturated heterocycles. The number of esters is 1. The van der Waals surface area contributed by atoms with E-state index in [1.54, 1.807) is 0 Å². The first kappa shape index (κ1) is 22.7. The van der Waals surface area contributed by atoms with Crippen LogP contribution in [0.1, 0.15) is 69.8 Å². The fourth-order valence-electron chi connectivity index (χ4n) is 3.59. The third kappa shape index (κ3) is 8.19. The topological polar surface area (TPSA) is 76.0 Å². The van der Waals surface area contributed by atoms with Gasteiger partial charge in [0.25, 0.3) is 0 Å². The molecule has 1 aromatic rings. The molecule has 0 aromatic heterocycles. The maximum absolute atomic E-state index is 11.2. The summed E-state index contributed by atoms with van der Waals surface area (Å²) in [5.74, 6) is 0.261. The van der Waals surface area contributed by atoms with Crippen LogP contribution in [-0.2, 0) is 16.0 Å². The van der Waals surface area contributed by atoms with Crippen LogP contribution in [0.15, 0.2) is 24.3 Å². The fraction of sp³-hybridized carbons (Fsp3) is 0.696. The Labute approximate surface area is 169 Å². The van der Waals surface area contributed by atoms with E-state index in [0.717, 1.165) is 44.5 Å². The average Bonchev–Trinajstić information content (AvgIpc) is 2.69. The minimum absolute atomic E-state index is 0.129. The fourth-order valence-corrected chi connectivity index (χ4v) is 3.59. The highest BCUT2D eigenvalue weighted by atomic mass is 16.6. The van der Waals surface area contributed by atoms with Crippen molar-refractivity contribution in [3.05, 3.63) is 29.8 Å². The van der Waals surface area contributed by atoms with Crippen molar-refractivity contribution in [1.82, 2.24) is 0 Å². The van der Waals surface area contributed by atoms with Gasteiger partial charge in [0.2, 0.25) is 0 Å². The zero-order chi connectivity index (χ0) is 20.0. The highest BCUT2D eigenvalue weighted by Crippen LogP contribution is 2.26. The smallest absolute Gasteiger partial charge is 0.315 e. The Morgan fingerprint density at radius 1 is 0.929 bits per heavy atom. The molecule has 1 aliphatic rings. The van der Waals surface area contributed by atoms with E-state index < -0.39 is 0 Å². The SMILES string of the molecule is O=C1O[C@@H](CCc2cccc(OCCCCCCCCCCCO)c2)[C@@H]1CO. The molecule has 0 amide bonds. The van der Waals surface area contributed by atoms with Crippen LogP contribution in [0.2, 0.25) is 0 Å². The summed E-state index contributed by atoms with van der Waals surface area (Å²) < 4.78 is 11.0. The molecule has 2 N–H and O–H groups in total. The Morgan fingerprint density at radius 2 is 1.61 bits per heavy atom. The van der Waals surface area contributed by atoms with E-state index in [1.807, 2.05) is 12.1 Å². The summed E-state index contributed by atoms with van der Waals surface area (Å²) >= 11 is 0. The lowest BCUT2D eigenvalue weighted by molar-refractivity contribution is -0.188. The van der Waals surface area contributed by atoms with Gasteiger partial charge in [0, 0.05) is 6.61 Å². The molecular weight excluding hydrogens is 356 g/mol. The Balaban J connectivity index is 1.51. The molecule has 1 aliphatic heterocycles. The predicted molar refractivity (Wildman–Crippen MR) is 109 cm³/mol. The maximum atomic E-state index is 11.2. The number of hydrogen-bond donors (Lipinski definition) is 2. The van der Waals surface area contributed by atoms with Crippen LogP contribution in [-0.4, -0.2) is 42.1 Å². The van der Waals surface area contributed by atoms with E-state index in [-0.39, 0.29) is 24.6 Å². The number of unbranched alkanes of at least 4 members (excludes halogenated alkanes) is 8. The molecule has 0 radical (unpaired) electrons. The van der Waals surface area contributed by atoms with Gasteiger partial charge in [0.1, 0.15) is 17.8 Å². The second kappa shape index (κ2) is 13.6. The summed E-state index contributed by atoms with van der Waals surface area (Å²) in [4.78, 5) is 11.2. The average molecular weight is 393 g/mol. The van der Waals surface area contributed by atoms with E-state index >= 15 is 0 Å². The van der Waals surface area contributed by atoms with E-state index in [1.165, 1.54) is 44.1 Å². The number of cyclic esters (lactones) is 1. The van der Waals surface area contributed by atoms with E-state index in [0.29, 0.717) is 6.61 Å². The summed E-state index contributed by atoms with van der Waals surface area (Å²) in [7, 11) is 0. The minimum atomic E-state index is -0.347. The van der Waals surface area contributed by atoms with Crippen molar-refractivity contribution in [1.29, 1.82) is 0 Å². The summed E-state index contributed by atoms with van der Waals surface area (Å²) in [6.45, 7) is 0.937. The standard InChI is InChI=1S/C23H36O5/c24-15-8-6-4-2-1-3-5-7-9-16-27-20-12-10-11-19(17-20)13-14-22-21(18-25)23(26)28-22/h10-12,17,21-22,24-25H,1-9,13-16,18H2/t21-,22-/m0/s1. The van der Waals surface area contributed by atoms with E-state index in [9.17, 15) is 9.90 Å². The zero-order valence-electron chi connectivity index (χ0n) is 17.0. The number of ether oxygens (including phenoxy) is 2. The summed E-state index contributed by atoms with van der Waals surface area (Å²) in [6, 6.07) is 8.09. The molecule has 2 rings (SSSR count). The van der Waals surface area contributed by atoms with Crippen molar-refractivity contribution in [3.8, 4) is 5.75 Å². The van der Waals surface area contributed by atoms with Gasteiger partial charge >= 0.3 is 5.97 Å². The second-order valence-corrected chi connectivity index (χ2v) is 7.70. The molecule has 0 aliphatic carbocycles. The molecule has 5 heteroatoms. The number of rotatable bonds is 16. The molecule has 0 spiro atoms. The first-order chi connectivity index (χ1) is 13.7. The van der Waals surface area contributed by atoms with Gasteiger partial charge in [-0.1, -0.05) is 57.1 Å². The van der Waals surface area contributed by atoms with Crippen LogP contribution < -0.4 is 4.74 Å². The molecular formula is C23H36O5. The van der Waals surface area contributed by atoms with Crippen molar-refractivity contribution in [2.45, 2.75) is 76.7 Å². The van der Waals surface area contributed by atoms with Crippen LogP contribution in [0.25, 0.3) is 0 Å². The largest absolute Gasteiger partial charge is 0.494 e. The monoisotopic (exact) mass is 392 g/mol. The van der Waals surface area contributed by atoms with Crippen molar-refractivity contribution >= 4 is 5.97 Å². The minimum Gasteiger partial charge on any atom is -0.494 e. The lowest BCUT2D eigenvalue weighted by atomic mass is 9.92. The highest BCUT2D eigenvalue weighted by Gasteiger charge is 2.41. The zero-order valence-corrected chi connectivity index (χ0v) is 17.0. The quantitative estimate of drug-likeness (QED) is 0.328. The van der Waals surface area contributed by atoms with Gasteiger partial charge in [-0.25, -0.2) is 0 Å². The van der Waals surface area contributed by atoms with E-state index in [2.05, 4.69) is 12.1 Å². The van der Waals surface area contributed by atoms with Crippen molar-refractivity contribution < 1.29 is 24.5 Å². The number of aliphatic hydroxyl groups is 2. The Morgan fingerprint density at radius 3 is 2.25 bits per heavy atom. The molecule has 1 aromatic carbocycles. The molecule has 1 fully saturated rings. The number of benzene rings is 1. The summed E-state index contributed by atoms with van der Waals surface area (Å²) in [5, 5.41) is 17.9. The van der Waals surface area contributed by atoms with Crippen LogP contribution in [0, 0.1) is 5.92 Å². The second-order valence-electron chi connectivity index (χ2n) is 7.70. The van der Waals surface area contributed by atoms with Gasteiger partial charge in [0.05, 0.1) is 13.2 Å². The lowest BCUT2D eigenvalue weighted by Gasteiger charge is -2.33. The van der Waals surface area contributed by atoms with Crippen LogP contribution >= 0.6 is 0 Å². The lowest BCUT2D eigenvalue weighted by Crippen LogP contribution is -2.47. The van der Waals surface area contributed by atoms with Crippen LogP contribution in [0.5, 0.6) is 5.75 Å². The first-order valence-corrected chi connectivity index (χ1v) is 10.9.